The van der Waals surface area contributed by atoms with Crippen LogP contribution in [0.3, 0.4) is 0 Å². The average molecular weight is 377 g/mol. The summed E-state index contributed by atoms with van der Waals surface area (Å²) in [5, 5.41) is 14.7. The second-order valence-corrected chi connectivity index (χ2v) is 8.11. The zero-order chi connectivity index (χ0) is 17.6. The van der Waals surface area contributed by atoms with Crippen LogP contribution in [0, 0.1) is 0 Å². The van der Waals surface area contributed by atoms with Crippen molar-refractivity contribution in [2.24, 2.45) is 0 Å². The summed E-state index contributed by atoms with van der Waals surface area (Å²) in [4.78, 5) is 25.4. The fourth-order valence-corrected chi connectivity index (χ4v) is 4.41. The zero-order valence-corrected chi connectivity index (χ0v) is 15.6. The van der Waals surface area contributed by atoms with Gasteiger partial charge in [-0.1, -0.05) is 43.2 Å². The number of nitrogens with zero attached hydrogens (tertiary/aromatic N) is 2. The van der Waals surface area contributed by atoms with Crippen LogP contribution in [0.1, 0.15) is 37.6 Å². The SMILES string of the molecule is CCCCCc1nnc(NC(=O)CC2Sc3ccccc3NC2=O)s1. The third-order valence-corrected chi connectivity index (χ3v) is 5.96. The Morgan fingerprint density at radius 1 is 1.28 bits per heavy atom. The average Bonchev–Trinajstić information content (AvgIpc) is 3.03. The van der Waals surface area contributed by atoms with Crippen molar-refractivity contribution in [3.05, 3.63) is 29.3 Å². The van der Waals surface area contributed by atoms with E-state index in [2.05, 4.69) is 27.8 Å². The topological polar surface area (TPSA) is 84.0 Å². The molecule has 2 N–H and O–H groups in total. The third-order valence-electron chi connectivity index (χ3n) is 3.78. The van der Waals surface area contributed by atoms with E-state index in [1.807, 2.05) is 24.3 Å². The second kappa shape index (κ2) is 8.44. The third kappa shape index (κ3) is 4.79. The molecular weight excluding hydrogens is 356 g/mol. The summed E-state index contributed by atoms with van der Waals surface area (Å²) in [5.41, 5.74) is 0.801. The van der Waals surface area contributed by atoms with E-state index in [1.54, 1.807) is 0 Å². The minimum atomic E-state index is -0.438. The fraction of sp³-hybridized carbons (Fsp3) is 0.412. The number of anilines is 2. The first kappa shape index (κ1) is 17.9. The van der Waals surface area contributed by atoms with Crippen LogP contribution in [0.5, 0.6) is 0 Å². The van der Waals surface area contributed by atoms with Crippen LogP contribution < -0.4 is 10.6 Å². The molecule has 1 aromatic carbocycles. The molecule has 1 aliphatic heterocycles. The van der Waals surface area contributed by atoms with E-state index in [1.165, 1.54) is 23.1 Å². The number of hydrogen-bond acceptors (Lipinski definition) is 6. The molecule has 0 fully saturated rings. The molecule has 1 unspecified atom stereocenters. The Hall–Kier alpha value is -1.93. The number of aromatic nitrogens is 2. The number of para-hydroxylation sites is 1. The number of carbonyl (C=O) groups excluding carboxylic acids is 2. The molecular formula is C17H20N4O2S2. The van der Waals surface area contributed by atoms with E-state index in [0.29, 0.717) is 5.13 Å². The molecule has 0 saturated heterocycles. The Labute approximate surface area is 154 Å². The molecule has 2 amide bonds. The molecule has 8 heteroatoms. The van der Waals surface area contributed by atoms with Crippen LogP contribution in [0.25, 0.3) is 0 Å². The fourth-order valence-electron chi connectivity index (χ4n) is 2.50. The number of nitrogens with one attached hydrogen (secondary N) is 2. The van der Waals surface area contributed by atoms with Gasteiger partial charge in [-0.05, 0) is 18.6 Å². The highest BCUT2D eigenvalue weighted by Crippen LogP contribution is 2.36. The summed E-state index contributed by atoms with van der Waals surface area (Å²) in [6.07, 6.45) is 4.40. The van der Waals surface area contributed by atoms with Crippen molar-refractivity contribution < 1.29 is 9.59 Å². The number of thioether (sulfide) groups is 1. The van der Waals surface area contributed by atoms with Gasteiger partial charge in [0.25, 0.3) is 0 Å². The summed E-state index contributed by atoms with van der Waals surface area (Å²) >= 11 is 2.82. The van der Waals surface area contributed by atoms with Crippen molar-refractivity contribution in [2.75, 3.05) is 10.6 Å². The van der Waals surface area contributed by atoms with Gasteiger partial charge in [0.2, 0.25) is 16.9 Å². The molecule has 0 spiro atoms. The molecule has 1 aromatic heterocycles. The Bertz CT molecular complexity index is 763. The normalized spacial score (nSPS) is 16.2. The van der Waals surface area contributed by atoms with E-state index >= 15 is 0 Å². The molecule has 0 radical (unpaired) electrons. The molecule has 0 aliphatic carbocycles. The summed E-state index contributed by atoms with van der Waals surface area (Å²) in [5.74, 6) is -0.361. The minimum absolute atomic E-state index is 0.107. The number of rotatable bonds is 7. The number of unbranched alkanes of at least 4 members (excludes halogenated alkanes) is 2. The largest absolute Gasteiger partial charge is 0.324 e. The van der Waals surface area contributed by atoms with Crippen molar-refractivity contribution >= 4 is 45.7 Å². The van der Waals surface area contributed by atoms with Gasteiger partial charge in [-0.3, -0.25) is 9.59 Å². The number of amides is 2. The molecule has 1 atom stereocenters. The predicted molar refractivity (Wildman–Crippen MR) is 101 cm³/mol. The highest BCUT2D eigenvalue weighted by atomic mass is 32.2. The van der Waals surface area contributed by atoms with Crippen LogP contribution in [0.15, 0.2) is 29.2 Å². The first-order valence-corrected chi connectivity index (χ1v) is 10.0. The van der Waals surface area contributed by atoms with E-state index in [0.717, 1.165) is 41.3 Å². The lowest BCUT2D eigenvalue weighted by Gasteiger charge is -2.23. The Balaban J connectivity index is 1.53. The zero-order valence-electron chi connectivity index (χ0n) is 13.9. The molecule has 0 bridgehead atoms. The van der Waals surface area contributed by atoms with Gasteiger partial charge in [0, 0.05) is 17.7 Å². The van der Waals surface area contributed by atoms with Crippen molar-refractivity contribution in [1.82, 2.24) is 10.2 Å². The van der Waals surface area contributed by atoms with E-state index in [9.17, 15) is 9.59 Å². The maximum atomic E-state index is 12.2. The molecule has 3 rings (SSSR count). The molecule has 1 aliphatic rings. The first-order valence-electron chi connectivity index (χ1n) is 8.34. The lowest BCUT2D eigenvalue weighted by atomic mass is 10.2. The minimum Gasteiger partial charge on any atom is -0.324 e. The molecule has 132 valence electrons. The Morgan fingerprint density at radius 2 is 2.12 bits per heavy atom. The van der Waals surface area contributed by atoms with Crippen LogP contribution >= 0.6 is 23.1 Å². The van der Waals surface area contributed by atoms with Gasteiger partial charge in [-0.15, -0.1) is 22.0 Å². The molecule has 2 aromatic rings. The Kier molecular flexibility index (Phi) is 6.04. The van der Waals surface area contributed by atoms with Gasteiger partial charge in [-0.25, -0.2) is 0 Å². The van der Waals surface area contributed by atoms with Crippen molar-refractivity contribution in [3.63, 3.8) is 0 Å². The lowest BCUT2D eigenvalue weighted by Crippen LogP contribution is -2.32. The van der Waals surface area contributed by atoms with E-state index in [4.69, 9.17) is 0 Å². The smallest absolute Gasteiger partial charge is 0.238 e. The Morgan fingerprint density at radius 3 is 2.96 bits per heavy atom. The van der Waals surface area contributed by atoms with Crippen molar-refractivity contribution in [3.8, 4) is 0 Å². The number of carbonyl (C=O) groups is 2. The number of aryl methyl sites for hydroxylation is 1. The molecule has 0 saturated carbocycles. The number of fused-ring (bicyclic) bond motifs is 1. The predicted octanol–water partition coefficient (Wildman–Crippen LogP) is 3.71. The second-order valence-electron chi connectivity index (χ2n) is 5.80. The molecule has 6 nitrogen and oxygen atoms in total. The number of hydrogen-bond donors (Lipinski definition) is 2. The maximum absolute atomic E-state index is 12.2. The quantitative estimate of drug-likeness (QED) is 0.720. The molecule has 25 heavy (non-hydrogen) atoms. The van der Waals surface area contributed by atoms with Crippen LogP contribution in [-0.4, -0.2) is 27.3 Å². The van der Waals surface area contributed by atoms with Crippen LogP contribution in [0.2, 0.25) is 0 Å². The highest BCUT2D eigenvalue weighted by molar-refractivity contribution is 8.01. The van der Waals surface area contributed by atoms with E-state index < -0.39 is 5.25 Å². The van der Waals surface area contributed by atoms with Gasteiger partial charge >= 0.3 is 0 Å². The highest BCUT2D eigenvalue weighted by Gasteiger charge is 2.29. The molecule has 2 heterocycles. The van der Waals surface area contributed by atoms with Gasteiger partial charge < -0.3 is 10.6 Å². The van der Waals surface area contributed by atoms with Gasteiger partial charge in [0.1, 0.15) is 5.01 Å². The summed E-state index contributed by atoms with van der Waals surface area (Å²) in [7, 11) is 0. The van der Waals surface area contributed by atoms with Crippen molar-refractivity contribution in [1.29, 1.82) is 0 Å². The lowest BCUT2D eigenvalue weighted by molar-refractivity contribution is -0.120. The first-order chi connectivity index (χ1) is 12.2. The standard InChI is InChI=1S/C17H20N4O2S2/c1-2-3-4-9-15-20-21-17(25-15)19-14(22)10-13-16(23)18-11-7-5-6-8-12(11)24-13/h5-8,13H,2-4,9-10H2,1H3,(H,18,23)(H,19,21,22). The van der Waals surface area contributed by atoms with Crippen molar-refractivity contribution in [2.45, 2.75) is 49.2 Å². The van der Waals surface area contributed by atoms with Crippen LogP contribution in [-0.2, 0) is 16.0 Å². The van der Waals surface area contributed by atoms with Gasteiger partial charge in [0.05, 0.1) is 10.9 Å². The summed E-state index contributed by atoms with van der Waals surface area (Å²) in [6, 6.07) is 7.59. The van der Waals surface area contributed by atoms with Gasteiger partial charge in [-0.2, -0.15) is 0 Å². The summed E-state index contributed by atoms with van der Waals surface area (Å²) < 4.78 is 0. The maximum Gasteiger partial charge on any atom is 0.238 e. The van der Waals surface area contributed by atoms with Gasteiger partial charge in [0.15, 0.2) is 0 Å². The number of benzene rings is 1. The van der Waals surface area contributed by atoms with Crippen LogP contribution in [0.4, 0.5) is 10.8 Å². The summed E-state index contributed by atoms with van der Waals surface area (Å²) in [6.45, 7) is 2.16. The monoisotopic (exact) mass is 376 g/mol. The van der Waals surface area contributed by atoms with E-state index in [-0.39, 0.29) is 18.2 Å².